The van der Waals surface area contributed by atoms with Crippen LogP contribution in [-0.2, 0) is 9.59 Å². The lowest BCUT2D eigenvalue weighted by Crippen LogP contribution is -2.36. The van der Waals surface area contributed by atoms with Crippen molar-refractivity contribution in [3.63, 3.8) is 0 Å². The normalized spacial score (nSPS) is 16.1. The van der Waals surface area contributed by atoms with Gasteiger partial charge in [-0.3, -0.25) is 14.5 Å². The predicted molar refractivity (Wildman–Crippen MR) is 113 cm³/mol. The molecule has 0 unspecified atom stereocenters. The number of anilines is 1. The fourth-order valence-corrected chi connectivity index (χ4v) is 3.76. The molecule has 0 atom stereocenters. The van der Waals surface area contributed by atoms with Gasteiger partial charge < -0.3 is 5.32 Å². The molecule has 0 aliphatic carbocycles. The van der Waals surface area contributed by atoms with Crippen LogP contribution in [0.5, 0.6) is 0 Å². The van der Waals surface area contributed by atoms with E-state index < -0.39 is 0 Å². The Morgan fingerprint density at radius 1 is 1.22 bits per heavy atom. The number of pyridine rings is 1. The van der Waals surface area contributed by atoms with Gasteiger partial charge in [0, 0.05) is 6.20 Å². The van der Waals surface area contributed by atoms with E-state index >= 15 is 0 Å². The molecule has 1 aromatic carbocycles. The van der Waals surface area contributed by atoms with Crippen LogP contribution in [0.1, 0.15) is 12.5 Å². The van der Waals surface area contributed by atoms with Gasteiger partial charge in [-0.05, 0) is 36.3 Å². The second kappa shape index (κ2) is 8.75. The number of nitrogens with zero attached hydrogens (tertiary/aromatic N) is 2. The van der Waals surface area contributed by atoms with E-state index in [1.54, 1.807) is 30.5 Å². The Labute approximate surface area is 167 Å². The van der Waals surface area contributed by atoms with Crippen LogP contribution in [0.25, 0.3) is 6.08 Å². The molecular formula is C20H17N3O2S2. The largest absolute Gasteiger partial charge is 0.309 e. The van der Waals surface area contributed by atoms with E-state index in [4.69, 9.17) is 12.2 Å². The van der Waals surface area contributed by atoms with Gasteiger partial charge in [0.05, 0.1) is 4.91 Å². The van der Waals surface area contributed by atoms with Crippen LogP contribution in [-0.4, -0.2) is 32.6 Å². The first-order chi connectivity index (χ1) is 13.0. The average Bonchev–Trinajstić information content (AvgIpc) is 2.90. The molecule has 0 radical (unpaired) electrons. The first kappa shape index (κ1) is 19.0. The number of benzene rings is 1. The van der Waals surface area contributed by atoms with Crippen molar-refractivity contribution in [1.29, 1.82) is 0 Å². The molecule has 27 heavy (non-hydrogen) atoms. The molecule has 0 bridgehead atoms. The molecule has 136 valence electrons. The Balaban J connectivity index is 1.67. The van der Waals surface area contributed by atoms with Crippen LogP contribution < -0.4 is 5.32 Å². The predicted octanol–water partition coefficient (Wildman–Crippen LogP) is 3.87. The summed E-state index contributed by atoms with van der Waals surface area (Å²) in [5, 5.41) is 2.65. The summed E-state index contributed by atoms with van der Waals surface area (Å²) in [5.41, 5.74) is 1.98. The number of rotatable bonds is 5. The van der Waals surface area contributed by atoms with E-state index in [2.05, 4.69) is 10.3 Å². The molecule has 1 N–H and O–H groups in total. The maximum absolute atomic E-state index is 12.6. The number of aromatic nitrogens is 1. The summed E-state index contributed by atoms with van der Waals surface area (Å²) in [5.74, 6) is -0.171. The number of hydrogen-bond acceptors (Lipinski definition) is 5. The summed E-state index contributed by atoms with van der Waals surface area (Å²) < 4.78 is 0.370. The Kier molecular flexibility index (Phi) is 6.16. The van der Waals surface area contributed by atoms with Crippen LogP contribution in [0, 0.1) is 0 Å². The van der Waals surface area contributed by atoms with E-state index in [9.17, 15) is 9.59 Å². The monoisotopic (exact) mass is 395 g/mol. The van der Waals surface area contributed by atoms with Crippen LogP contribution in [0.15, 0.2) is 71.3 Å². The van der Waals surface area contributed by atoms with Crippen molar-refractivity contribution in [2.75, 3.05) is 11.9 Å². The topological polar surface area (TPSA) is 62.3 Å². The quantitative estimate of drug-likeness (QED) is 0.615. The fraction of sp³-hybridized carbons (Fsp3) is 0.100. The van der Waals surface area contributed by atoms with E-state index in [1.807, 2.05) is 43.3 Å². The first-order valence-corrected chi connectivity index (χ1v) is 9.45. The molecule has 0 spiro atoms. The maximum Gasteiger partial charge on any atom is 0.266 e. The third-order valence-corrected chi connectivity index (χ3v) is 5.04. The zero-order valence-corrected chi connectivity index (χ0v) is 16.2. The Morgan fingerprint density at radius 3 is 2.67 bits per heavy atom. The zero-order chi connectivity index (χ0) is 19.2. The third-order valence-electron chi connectivity index (χ3n) is 3.66. The Morgan fingerprint density at radius 2 is 1.96 bits per heavy atom. The summed E-state index contributed by atoms with van der Waals surface area (Å²) in [7, 11) is 0. The number of amides is 2. The number of carbonyl (C=O) groups is 2. The number of allylic oxidation sites excluding steroid dienone is 2. The second-order valence-electron chi connectivity index (χ2n) is 5.83. The van der Waals surface area contributed by atoms with Crippen LogP contribution in [0.4, 0.5) is 5.82 Å². The van der Waals surface area contributed by atoms with Gasteiger partial charge >= 0.3 is 0 Å². The van der Waals surface area contributed by atoms with Gasteiger partial charge in [-0.2, -0.15) is 0 Å². The summed E-state index contributed by atoms with van der Waals surface area (Å²) in [6, 6.07) is 15.1. The molecule has 1 saturated heterocycles. The van der Waals surface area contributed by atoms with Gasteiger partial charge in [0.2, 0.25) is 5.91 Å². The minimum atomic E-state index is -0.345. The first-order valence-electron chi connectivity index (χ1n) is 8.22. The fourth-order valence-electron chi connectivity index (χ4n) is 2.46. The molecule has 5 nitrogen and oxygen atoms in total. The van der Waals surface area contributed by atoms with E-state index in [-0.39, 0.29) is 18.4 Å². The smallest absolute Gasteiger partial charge is 0.266 e. The number of hydrogen-bond donors (Lipinski definition) is 1. The van der Waals surface area contributed by atoms with Crippen molar-refractivity contribution in [3.05, 3.63) is 76.8 Å². The summed E-state index contributed by atoms with van der Waals surface area (Å²) >= 11 is 6.47. The van der Waals surface area contributed by atoms with E-state index in [0.717, 1.165) is 11.1 Å². The molecule has 7 heteroatoms. The van der Waals surface area contributed by atoms with Gasteiger partial charge in [-0.15, -0.1) is 0 Å². The third kappa shape index (κ3) is 5.12. The average molecular weight is 396 g/mol. The highest BCUT2D eigenvalue weighted by molar-refractivity contribution is 8.26. The van der Waals surface area contributed by atoms with E-state index in [1.165, 1.54) is 16.7 Å². The molecule has 2 heterocycles. The molecule has 2 amide bonds. The van der Waals surface area contributed by atoms with Gasteiger partial charge in [0.25, 0.3) is 5.91 Å². The van der Waals surface area contributed by atoms with Crippen molar-refractivity contribution in [2.24, 2.45) is 0 Å². The van der Waals surface area contributed by atoms with Crippen LogP contribution in [0.2, 0.25) is 0 Å². The molecule has 1 aliphatic heterocycles. The number of thioether (sulfide) groups is 1. The standard InChI is InChI=1S/C20H17N3O2S2/c1-14(11-15-7-3-2-4-8-15)12-16-19(25)23(20(26)27-16)13-18(24)22-17-9-5-6-10-21-17/h2-12H,13H2,1H3,(H,21,22,24)/b14-11+,16-12-. The number of nitrogens with one attached hydrogen (secondary N) is 1. The Hall–Kier alpha value is -2.77. The second-order valence-corrected chi connectivity index (χ2v) is 7.51. The molecule has 1 aromatic heterocycles. The lowest BCUT2D eigenvalue weighted by atomic mass is 10.1. The Bertz CT molecular complexity index is 925. The van der Waals surface area contributed by atoms with Crippen molar-refractivity contribution >= 4 is 52.0 Å². The van der Waals surface area contributed by atoms with Gasteiger partial charge in [-0.1, -0.05) is 66.5 Å². The molecular weight excluding hydrogens is 378 g/mol. The summed E-state index contributed by atoms with van der Waals surface area (Å²) in [6.45, 7) is 1.79. The highest BCUT2D eigenvalue weighted by Crippen LogP contribution is 2.31. The van der Waals surface area contributed by atoms with Crippen molar-refractivity contribution < 1.29 is 9.59 Å². The van der Waals surface area contributed by atoms with Gasteiger partial charge in [0.1, 0.15) is 16.7 Å². The van der Waals surface area contributed by atoms with E-state index in [0.29, 0.717) is 15.0 Å². The van der Waals surface area contributed by atoms with Crippen molar-refractivity contribution in [2.45, 2.75) is 6.92 Å². The number of carbonyl (C=O) groups excluding carboxylic acids is 2. The number of thiocarbonyl (C=S) groups is 1. The minimum Gasteiger partial charge on any atom is -0.309 e. The minimum absolute atomic E-state index is 0.139. The summed E-state index contributed by atoms with van der Waals surface area (Å²) in [6.07, 6.45) is 5.36. The molecule has 1 aliphatic rings. The van der Waals surface area contributed by atoms with Crippen molar-refractivity contribution in [3.8, 4) is 0 Å². The van der Waals surface area contributed by atoms with Gasteiger partial charge in [-0.25, -0.2) is 4.98 Å². The zero-order valence-electron chi connectivity index (χ0n) is 14.6. The van der Waals surface area contributed by atoms with Crippen LogP contribution >= 0.6 is 24.0 Å². The molecule has 2 aromatic rings. The van der Waals surface area contributed by atoms with Crippen molar-refractivity contribution in [1.82, 2.24) is 9.88 Å². The molecule has 3 rings (SSSR count). The lowest BCUT2D eigenvalue weighted by molar-refractivity contribution is -0.126. The molecule has 0 saturated carbocycles. The summed E-state index contributed by atoms with van der Waals surface area (Å²) in [4.78, 5) is 30.7. The highest BCUT2D eigenvalue weighted by Gasteiger charge is 2.33. The highest BCUT2D eigenvalue weighted by atomic mass is 32.2. The van der Waals surface area contributed by atoms with Crippen LogP contribution in [0.3, 0.4) is 0 Å². The van der Waals surface area contributed by atoms with Gasteiger partial charge in [0.15, 0.2) is 0 Å². The maximum atomic E-state index is 12.6. The molecule has 1 fully saturated rings. The lowest BCUT2D eigenvalue weighted by Gasteiger charge is -2.13. The SMILES string of the molecule is CC(/C=C1\SC(=S)N(CC(=O)Nc2ccccn2)C1=O)=C\c1ccccc1.